The van der Waals surface area contributed by atoms with Gasteiger partial charge in [0.1, 0.15) is 0 Å². The Balaban J connectivity index is 0.000000206. The van der Waals surface area contributed by atoms with E-state index in [1.54, 1.807) is 54.9 Å². The van der Waals surface area contributed by atoms with Crippen LogP contribution in [0.3, 0.4) is 0 Å². The normalized spacial score (nSPS) is 13.4. The SMILES string of the molecule is CC(C)c1c[cH-]c2ccccc12.CC(C)c1c[cH-]c2ccccc12.CC(C)c1c[cH-]c2ccccc12.CC(C)c1c[cH-]c2ccccc12.[Cl-].[Cl-].[Zr+2]=[C]1CCCCC1.[Zr+2]=[C]1CCCCC1. The molecule has 0 amide bonds. The van der Waals surface area contributed by atoms with Crippen molar-refractivity contribution in [2.24, 2.45) is 0 Å². The van der Waals surface area contributed by atoms with Crippen molar-refractivity contribution in [3.63, 3.8) is 0 Å². The predicted molar refractivity (Wildman–Crippen MR) is 271 cm³/mol. The van der Waals surface area contributed by atoms with E-state index in [9.17, 15) is 0 Å². The fraction of sp³-hybridized carbons (Fsp3) is 0.367. The van der Waals surface area contributed by atoms with Crippen LogP contribution in [0.5, 0.6) is 0 Å². The molecule has 64 heavy (non-hydrogen) atoms. The quantitative estimate of drug-likeness (QED) is 0.154. The van der Waals surface area contributed by atoms with Crippen LogP contribution in [0.15, 0.2) is 146 Å². The molecule has 0 saturated heterocycles. The first-order valence-corrected chi connectivity index (χ1v) is 26.1. The third-order valence-electron chi connectivity index (χ3n) is 12.3. The van der Waals surface area contributed by atoms with Crippen molar-refractivity contribution in [3.8, 4) is 0 Å². The second kappa shape index (κ2) is 29.2. The molecule has 0 radical (unpaired) electrons. The summed E-state index contributed by atoms with van der Waals surface area (Å²) in [7, 11) is 0. The van der Waals surface area contributed by atoms with Crippen LogP contribution in [-0.2, 0) is 48.5 Å². The van der Waals surface area contributed by atoms with Gasteiger partial charge in [-0.2, -0.15) is 22.3 Å². The molecule has 2 aliphatic carbocycles. The summed E-state index contributed by atoms with van der Waals surface area (Å²) in [5.41, 5.74) is 5.85. The van der Waals surface area contributed by atoms with E-state index < -0.39 is 0 Å². The monoisotopic (exact) mass is 1040 g/mol. The van der Waals surface area contributed by atoms with E-state index in [1.807, 2.05) is 0 Å². The fourth-order valence-corrected chi connectivity index (χ4v) is 10.4. The van der Waals surface area contributed by atoms with Crippen LogP contribution in [0.2, 0.25) is 0 Å². The number of rotatable bonds is 4. The van der Waals surface area contributed by atoms with Crippen LogP contribution < -0.4 is 24.8 Å². The van der Waals surface area contributed by atoms with Gasteiger partial charge in [0.2, 0.25) is 0 Å². The molecule has 10 rings (SSSR count). The van der Waals surface area contributed by atoms with Crippen molar-refractivity contribution in [1.29, 1.82) is 0 Å². The average Bonchev–Trinajstić information content (AvgIpc) is 4.10. The summed E-state index contributed by atoms with van der Waals surface area (Å²) in [4.78, 5) is 0. The van der Waals surface area contributed by atoms with Gasteiger partial charge >= 0.3 is 119 Å². The molecule has 336 valence electrons. The van der Waals surface area contributed by atoms with Gasteiger partial charge in [-0.1, -0.05) is 103 Å². The third kappa shape index (κ3) is 16.9. The van der Waals surface area contributed by atoms with Crippen molar-refractivity contribution in [1.82, 2.24) is 0 Å². The van der Waals surface area contributed by atoms with Gasteiger partial charge in [0.05, 0.1) is 0 Å². The Labute approximate surface area is 430 Å². The van der Waals surface area contributed by atoms with Crippen molar-refractivity contribution in [2.45, 2.75) is 143 Å². The molecule has 2 fully saturated rings. The van der Waals surface area contributed by atoms with Gasteiger partial charge in [0, 0.05) is 0 Å². The van der Waals surface area contributed by atoms with Gasteiger partial charge in [-0.25, -0.2) is 0 Å². The number of benzene rings is 4. The molecule has 0 aliphatic heterocycles. The molecule has 0 bridgehead atoms. The number of hydrogen-bond donors (Lipinski definition) is 0. The van der Waals surface area contributed by atoms with E-state index in [1.165, 1.54) is 130 Å². The molecule has 0 aromatic heterocycles. The predicted octanol–water partition coefficient (Wildman–Crippen LogP) is 12.1. The number of hydrogen-bond acceptors (Lipinski definition) is 0. The maximum absolute atomic E-state index is 2.24. The zero-order valence-corrected chi connectivity index (χ0v) is 46.4. The summed E-state index contributed by atoms with van der Waals surface area (Å²) < 4.78 is 3.61. The second-order valence-electron chi connectivity index (χ2n) is 18.5. The van der Waals surface area contributed by atoms with Crippen LogP contribution in [0.4, 0.5) is 0 Å². The van der Waals surface area contributed by atoms with E-state index >= 15 is 0 Å². The van der Waals surface area contributed by atoms with Gasteiger partial charge in [-0.3, -0.25) is 0 Å². The van der Waals surface area contributed by atoms with Crippen molar-refractivity contribution < 1.29 is 73.3 Å². The van der Waals surface area contributed by atoms with E-state index in [4.69, 9.17) is 0 Å². The average molecular weight is 1050 g/mol. The number of halogens is 2. The summed E-state index contributed by atoms with van der Waals surface area (Å²) >= 11 is 3.38. The van der Waals surface area contributed by atoms with Crippen molar-refractivity contribution in [3.05, 3.63) is 168 Å². The van der Waals surface area contributed by atoms with E-state index in [0.29, 0.717) is 23.7 Å². The Morgan fingerprint density at radius 2 is 0.531 bits per heavy atom. The van der Waals surface area contributed by atoms with Crippen LogP contribution in [0.25, 0.3) is 43.1 Å². The van der Waals surface area contributed by atoms with E-state index in [0.717, 1.165) is 0 Å². The molecular formula is C60H72Cl2Zr2-2. The first-order valence-electron chi connectivity index (χ1n) is 23.6. The van der Waals surface area contributed by atoms with Gasteiger partial charge < -0.3 is 24.8 Å². The molecule has 2 saturated carbocycles. The molecule has 0 spiro atoms. The Morgan fingerprint density at radius 1 is 0.328 bits per heavy atom. The molecule has 0 atom stereocenters. The molecule has 8 aromatic rings. The summed E-state index contributed by atoms with van der Waals surface area (Å²) in [6.07, 6.45) is 14.6. The summed E-state index contributed by atoms with van der Waals surface area (Å²) in [5.74, 6) is 2.52. The summed E-state index contributed by atoms with van der Waals surface area (Å²) in [6, 6.07) is 52.0. The standard InChI is InChI=1S/4C12H13.2C6H10.2ClH.2Zr/c4*1-9(2)11-8-7-10-5-3-4-6-12(10)11;2*1-2-4-6-5-3-1;;;;/h4*3-9H,1-2H3;2*1-5H2;2*1H;;/q4*-1;;;;;2*+2/p-2. The summed E-state index contributed by atoms with van der Waals surface area (Å²) in [5, 5.41) is 11.1. The molecule has 0 heterocycles. The fourth-order valence-electron chi connectivity index (χ4n) is 8.67. The minimum atomic E-state index is 0. The molecule has 0 N–H and O–H groups in total. The van der Waals surface area contributed by atoms with Gasteiger partial charge in [-0.05, 0) is 0 Å². The van der Waals surface area contributed by atoms with Gasteiger partial charge in [0.25, 0.3) is 0 Å². The Kier molecular flexibility index (Phi) is 25.5. The van der Waals surface area contributed by atoms with Gasteiger partial charge in [0.15, 0.2) is 0 Å². The van der Waals surface area contributed by atoms with Crippen LogP contribution in [0, 0.1) is 0 Å². The second-order valence-corrected chi connectivity index (χ2v) is 21.9. The number of fused-ring (bicyclic) bond motifs is 4. The Bertz CT molecular complexity index is 2200. The Hall–Kier alpha value is -2.59. The third-order valence-corrected chi connectivity index (χ3v) is 14.7. The molecular weight excluding hydrogens is 974 g/mol. The molecule has 4 heteroatoms. The van der Waals surface area contributed by atoms with Crippen LogP contribution >= 0.6 is 0 Å². The minimum absolute atomic E-state index is 0. The van der Waals surface area contributed by atoms with Crippen LogP contribution in [-0.4, -0.2) is 6.41 Å². The molecule has 2 aliphatic rings. The van der Waals surface area contributed by atoms with Gasteiger partial charge in [-0.15, -0.1) is 164 Å². The zero-order valence-electron chi connectivity index (χ0n) is 40.0. The summed E-state index contributed by atoms with van der Waals surface area (Å²) in [6.45, 7) is 17.9. The molecule has 0 unspecified atom stereocenters. The maximum atomic E-state index is 2.24. The van der Waals surface area contributed by atoms with Crippen molar-refractivity contribution in [2.75, 3.05) is 0 Å². The van der Waals surface area contributed by atoms with Crippen LogP contribution in [0.1, 0.15) is 166 Å². The van der Waals surface area contributed by atoms with E-state index in [2.05, 4.69) is 201 Å². The Morgan fingerprint density at radius 3 is 0.703 bits per heavy atom. The topological polar surface area (TPSA) is 0 Å². The van der Waals surface area contributed by atoms with Crippen molar-refractivity contribution >= 4 is 49.5 Å². The zero-order chi connectivity index (χ0) is 44.4. The molecule has 8 aromatic carbocycles. The molecule has 0 nitrogen and oxygen atoms in total. The first-order chi connectivity index (χ1) is 29.9. The first kappa shape index (κ1) is 55.7. The van der Waals surface area contributed by atoms with E-state index in [-0.39, 0.29) is 24.8 Å².